The molecule has 168 valence electrons. The van der Waals surface area contributed by atoms with Gasteiger partial charge in [0.2, 0.25) is 11.8 Å². The van der Waals surface area contributed by atoms with Crippen LogP contribution in [0, 0.1) is 10.1 Å². The average Bonchev–Trinajstić information content (AvgIpc) is 3.06. The molecule has 0 fully saturated rings. The van der Waals surface area contributed by atoms with Gasteiger partial charge in [0.1, 0.15) is 0 Å². The van der Waals surface area contributed by atoms with Gasteiger partial charge in [-0.1, -0.05) is 12.1 Å². The minimum Gasteiger partial charge on any atom is -0.407 e. The summed E-state index contributed by atoms with van der Waals surface area (Å²) in [6.07, 6.45) is 0.551. The Bertz CT molecular complexity index is 1210. The number of rotatable bonds is 9. The highest BCUT2D eigenvalue weighted by atomic mass is 16.6. The van der Waals surface area contributed by atoms with Crippen molar-refractivity contribution in [1.82, 2.24) is 9.47 Å². The highest BCUT2D eigenvalue weighted by molar-refractivity contribution is 5.90. The SMILES string of the molecule is CCN(Cc1cccc(NC(=O)CCCn2c(=O)oc3cc([N+](=O)[O-])ccc32)c1)C(C)=O. The highest BCUT2D eigenvalue weighted by Gasteiger charge is 2.14. The number of nitrogens with one attached hydrogen (secondary N) is 1. The molecule has 0 atom stereocenters. The topological polar surface area (TPSA) is 128 Å². The summed E-state index contributed by atoms with van der Waals surface area (Å²) in [7, 11) is 0. The molecule has 0 aliphatic heterocycles. The van der Waals surface area contributed by atoms with E-state index < -0.39 is 10.7 Å². The van der Waals surface area contributed by atoms with Gasteiger partial charge in [-0.3, -0.25) is 24.3 Å². The molecule has 32 heavy (non-hydrogen) atoms. The summed E-state index contributed by atoms with van der Waals surface area (Å²) in [5.74, 6) is -0.851. The van der Waals surface area contributed by atoms with Crippen LogP contribution in [0.4, 0.5) is 11.4 Å². The van der Waals surface area contributed by atoms with Crippen LogP contribution >= 0.6 is 0 Å². The van der Waals surface area contributed by atoms with Crippen molar-refractivity contribution in [2.75, 3.05) is 11.9 Å². The molecular formula is C22H24N4O6. The first-order valence-corrected chi connectivity index (χ1v) is 10.2. The number of hydrogen-bond donors (Lipinski definition) is 1. The summed E-state index contributed by atoms with van der Waals surface area (Å²) in [5.41, 5.74) is 1.96. The maximum Gasteiger partial charge on any atom is 0.419 e. The fraction of sp³-hybridized carbons (Fsp3) is 0.318. The zero-order valence-electron chi connectivity index (χ0n) is 17.9. The summed E-state index contributed by atoms with van der Waals surface area (Å²) in [6.45, 7) is 4.72. The molecule has 3 rings (SSSR count). The van der Waals surface area contributed by atoms with Gasteiger partial charge >= 0.3 is 5.76 Å². The van der Waals surface area contributed by atoms with E-state index >= 15 is 0 Å². The molecule has 1 aromatic heterocycles. The van der Waals surface area contributed by atoms with Gasteiger partial charge in [0.25, 0.3) is 5.69 Å². The third-order valence-electron chi connectivity index (χ3n) is 5.06. The van der Waals surface area contributed by atoms with Gasteiger partial charge in [-0.25, -0.2) is 4.79 Å². The van der Waals surface area contributed by atoms with E-state index in [0.29, 0.717) is 30.7 Å². The van der Waals surface area contributed by atoms with E-state index in [1.165, 1.54) is 29.7 Å². The first-order valence-electron chi connectivity index (χ1n) is 10.2. The van der Waals surface area contributed by atoms with Crippen molar-refractivity contribution in [3.8, 4) is 0 Å². The Kier molecular flexibility index (Phi) is 7.04. The average molecular weight is 440 g/mol. The Balaban J connectivity index is 1.58. The third-order valence-corrected chi connectivity index (χ3v) is 5.06. The normalized spacial score (nSPS) is 10.8. The first kappa shape index (κ1) is 22.7. The van der Waals surface area contributed by atoms with E-state index in [2.05, 4.69) is 5.32 Å². The van der Waals surface area contributed by atoms with Crippen LogP contribution in [0.5, 0.6) is 0 Å². The fourth-order valence-corrected chi connectivity index (χ4v) is 3.42. The second kappa shape index (κ2) is 9.90. The number of non-ortho nitro benzene ring substituents is 1. The lowest BCUT2D eigenvalue weighted by atomic mass is 10.1. The van der Waals surface area contributed by atoms with Gasteiger partial charge in [-0.2, -0.15) is 0 Å². The van der Waals surface area contributed by atoms with E-state index in [9.17, 15) is 24.5 Å². The van der Waals surface area contributed by atoms with E-state index in [1.54, 1.807) is 11.0 Å². The molecule has 10 heteroatoms. The minimum absolute atomic E-state index is 0.0152. The third kappa shape index (κ3) is 5.39. The number of carbonyl (C=O) groups is 2. The summed E-state index contributed by atoms with van der Waals surface area (Å²) < 4.78 is 6.44. The van der Waals surface area contributed by atoms with Crippen molar-refractivity contribution in [2.24, 2.45) is 0 Å². The van der Waals surface area contributed by atoms with E-state index in [4.69, 9.17) is 4.42 Å². The Labute approximate surface area is 183 Å². The molecule has 2 aromatic carbocycles. The summed E-state index contributed by atoms with van der Waals surface area (Å²) in [6, 6.07) is 11.3. The van der Waals surface area contributed by atoms with Gasteiger partial charge in [-0.15, -0.1) is 0 Å². The van der Waals surface area contributed by atoms with Crippen LogP contribution in [0.1, 0.15) is 32.3 Å². The number of aromatic nitrogens is 1. The lowest BCUT2D eigenvalue weighted by molar-refractivity contribution is -0.384. The molecule has 0 saturated carbocycles. The monoisotopic (exact) mass is 440 g/mol. The first-order chi connectivity index (χ1) is 15.3. The number of nitro benzene ring substituents is 1. The Morgan fingerprint density at radius 1 is 1.22 bits per heavy atom. The molecule has 0 spiro atoms. The van der Waals surface area contributed by atoms with Crippen LogP contribution in [-0.4, -0.2) is 32.7 Å². The number of carbonyl (C=O) groups excluding carboxylic acids is 2. The van der Waals surface area contributed by atoms with Gasteiger partial charge < -0.3 is 14.6 Å². The Morgan fingerprint density at radius 2 is 2.00 bits per heavy atom. The van der Waals surface area contributed by atoms with Crippen LogP contribution in [0.15, 0.2) is 51.7 Å². The quantitative estimate of drug-likeness (QED) is 0.402. The number of anilines is 1. The van der Waals surface area contributed by atoms with Gasteiger partial charge in [-0.05, 0) is 37.1 Å². The molecule has 0 unspecified atom stereocenters. The number of fused-ring (bicyclic) bond motifs is 1. The summed E-state index contributed by atoms with van der Waals surface area (Å²) in [5, 5.41) is 13.7. The predicted molar refractivity (Wildman–Crippen MR) is 118 cm³/mol. The van der Waals surface area contributed by atoms with Crippen LogP contribution < -0.4 is 11.1 Å². The molecule has 0 radical (unpaired) electrons. The van der Waals surface area contributed by atoms with Crippen molar-refractivity contribution < 1.29 is 18.9 Å². The second-order valence-electron chi connectivity index (χ2n) is 7.31. The fourth-order valence-electron chi connectivity index (χ4n) is 3.42. The molecule has 3 aromatic rings. The predicted octanol–water partition coefficient (Wildman–Crippen LogP) is 3.29. The number of nitro groups is 1. The van der Waals surface area contributed by atoms with E-state index in [0.717, 1.165) is 5.56 Å². The number of amides is 2. The summed E-state index contributed by atoms with van der Waals surface area (Å²) >= 11 is 0. The number of nitrogens with zero attached hydrogens (tertiary/aromatic N) is 3. The molecule has 0 aliphatic carbocycles. The van der Waals surface area contributed by atoms with Crippen LogP contribution in [0.2, 0.25) is 0 Å². The molecule has 0 bridgehead atoms. The van der Waals surface area contributed by atoms with Crippen LogP contribution in [-0.2, 0) is 22.7 Å². The van der Waals surface area contributed by atoms with Crippen molar-refractivity contribution >= 4 is 34.3 Å². The molecule has 1 heterocycles. The van der Waals surface area contributed by atoms with E-state index in [-0.39, 0.29) is 36.1 Å². The van der Waals surface area contributed by atoms with Crippen LogP contribution in [0.25, 0.3) is 11.1 Å². The summed E-state index contributed by atoms with van der Waals surface area (Å²) in [4.78, 5) is 48.0. The molecule has 0 saturated heterocycles. The smallest absolute Gasteiger partial charge is 0.407 e. The zero-order valence-corrected chi connectivity index (χ0v) is 17.9. The zero-order chi connectivity index (χ0) is 23.3. The molecule has 1 N–H and O–H groups in total. The second-order valence-corrected chi connectivity index (χ2v) is 7.31. The van der Waals surface area contributed by atoms with Gasteiger partial charge in [0, 0.05) is 44.7 Å². The Morgan fingerprint density at radius 3 is 2.69 bits per heavy atom. The van der Waals surface area contributed by atoms with Gasteiger partial charge in [0.05, 0.1) is 16.5 Å². The lowest BCUT2D eigenvalue weighted by Gasteiger charge is -2.19. The van der Waals surface area contributed by atoms with Crippen LogP contribution in [0.3, 0.4) is 0 Å². The lowest BCUT2D eigenvalue weighted by Crippen LogP contribution is -2.27. The Hall–Kier alpha value is -3.95. The standard InChI is InChI=1S/C22H24N4O6/c1-3-24(15(2)27)14-16-6-4-7-17(12-16)23-21(28)8-5-11-25-19-10-9-18(26(30)31)13-20(19)32-22(25)29/h4,6-7,9-10,12-13H,3,5,8,11,14H2,1-2H3,(H,23,28). The largest absolute Gasteiger partial charge is 0.419 e. The number of aryl methyl sites for hydroxylation is 1. The maximum absolute atomic E-state index is 12.3. The van der Waals surface area contributed by atoms with Crippen molar-refractivity contribution in [3.05, 3.63) is 68.7 Å². The van der Waals surface area contributed by atoms with E-state index in [1.807, 2.05) is 25.1 Å². The molecule has 0 aliphatic rings. The molecule has 10 nitrogen and oxygen atoms in total. The minimum atomic E-state index is -0.625. The van der Waals surface area contributed by atoms with Gasteiger partial charge in [0.15, 0.2) is 5.58 Å². The highest BCUT2D eigenvalue weighted by Crippen LogP contribution is 2.20. The molecule has 2 amide bonds. The van der Waals surface area contributed by atoms with Crippen molar-refractivity contribution in [2.45, 2.75) is 39.8 Å². The number of oxazole rings is 1. The number of hydrogen-bond acceptors (Lipinski definition) is 6. The maximum atomic E-state index is 12.3. The number of benzene rings is 2. The van der Waals surface area contributed by atoms with Crippen molar-refractivity contribution in [3.63, 3.8) is 0 Å². The molecular weight excluding hydrogens is 416 g/mol. The van der Waals surface area contributed by atoms with Crippen molar-refractivity contribution in [1.29, 1.82) is 0 Å².